The average Bonchev–Trinajstić information content (AvgIpc) is 3.19. The van der Waals surface area contributed by atoms with Crippen molar-refractivity contribution in [2.24, 2.45) is 47.3 Å². The van der Waals surface area contributed by atoms with Crippen molar-refractivity contribution in [1.82, 2.24) is 0 Å². The molecular formula is C26H20N2O6. The minimum absolute atomic E-state index is 0.143. The van der Waals surface area contributed by atoms with Crippen LogP contribution in [0.15, 0.2) is 60.7 Å². The summed E-state index contributed by atoms with van der Waals surface area (Å²) in [6.07, 6.45) is 3.87. The molecule has 2 saturated carbocycles. The predicted molar refractivity (Wildman–Crippen MR) is 118 cm³/mol. The summed E-state index contributed by atoms with van der Waals surface area (Å²) in [5, 5.41) is 20.5. The van der Waals surface area contributed by atoms with Crippen molar-refractivity contribution in [3.05, 3.63) is 60.7 Å². The Kier molecular flexibility index (Phi) is 3.64. The molecular weight excluding hydrogens is 436 g/mol. The van der Waals surface area contributed by atoms with Crippen LogP contribution < -0.4 is 9.80 Å². The molecule has 4 aliphatic carbocycles. The summed E-state index contributed by atoms with van der Waals surface area (Å²) in [7, 11) is 0. The molecule has 170 valence electrons. The van der Waals surface area contributed by atoms with Crippen LogP contribution in [0.4, 0.5) is 11.4 Å². The molecule has 0 unspecified atom stereocenters. The lowest BCUT2D eigenvalue weighted by Gasteiger charge is -2.60. The van der Waals surface area contributed by atoms with Gasteiger partial charge in [0.2, 0.25) is 23.6 Å². The fourth-order valence-corrected chi connectivity index (χ4v) is 7.38. The quantitative estimate of drug-likeness (QED) is 0.528. The maximum atomic E-state index is 13.5. The van der Waals surface area contributed by atoms with Crippen LogP contribution in [0.5, 0.6) is 11.5 Å². The number of carbonyl (C=O) groups is 4. The third-order valence-electron chi connectivity index (χ3n) is 8.59. The molecule has 34 heavy (non-hydrogen) atoms. The van der Waals surface area contributed by atoms with Gasteiger partial charge in [-0.15, -0.1) is 0 Å². The van der Waals surface area contributed by atoms with E-state index in [2.05, 4.69) is 0 Å². The Morgan fingerprint density at radius 2 is 0.882 bits per heavy atom. The van der Waals surface area contributed by atoms with Crippen LogP contribution in [0.25, 0.3) is 0 Å². The SMILES string of the molecule is O=C1[C@H]2[C@@H]3C=C[C@@H]([C@@H]2C(=O)N1c1ccccc1O)[C@H]1[C@H]2C(=O)N(c4ccccc4O)C(=O)[C@@H]2[C@H]31. The molecule has 0 radical (unpaired) electrons. The first kappa shape index (κ1) is 19.5. The van der Waals surface area contributed by atoms with Gasteiger partial charge in [0.05, 0.1) is 35.0 Å². The lowest BCUT2D eigenvalue weighted by atomic mass is 9.40. The number of benzene rings is 2. The zero-order valence-corrected chi connectivity index (χ0v) is 17.8. The van der Waals surface area contributed by atoms with Crippen LogP contribution >= 0.6 is 0 Å². The second-order valence-corrected chi connectivity index (χ2v) is 9.80. The number of allylic oxidation sites excluding steroid dienone is 2. The number of hydrogen-bond donors (Lipinski definition) is 2. The van der Waals surface area contributed by atoms with Gasteiger partial charge in [-0.25, -0.2) is 9.80 Å². The molecule has 2 aliphatic heterocycles. The van der Waals surface area contributed by atoms with E-state index in [1.54, 1.807) is 36.4 Å². The fourth-order valence-electron chi connectivity index (χ4n) is 7.38. The summed E-state index contributed by atoms with van der Waals surface area (Å²) in [6, 6.07) is 12.5. The summed E-state index contributed by atoms with van der Waals surface area (Å²) < 4.78 is 0. The molecule has 4 amide bonds. The van der Waals surface area contributed by atoms with Crippen molar-refractivity contribution in [2.75, 3.05) is 9.80 Å². The maximum absolute atomic E-state index is 13.5. The smallest absolute Gasteiger partial charge is 0.238 e. The van der Waals surface area contributed by atoms with Gasteiger partial charge in [0.15, 0.2) is 0 Å². The molecule has 0 spiro atoms. The molecule has 2 aromatic carbocycles. The number of amides is 4. The van der Waals surface area contributed by atoms with Gasteiger partial charge in [-0.05, 0) is 47.9 Å². The number of phenolic OH excluding ortho intramolecular Hbond substituents is 2. The zero-order chi connectivity index (χ0) is 23.5. The van der Waals surface area contributed by atoms with Gasteiger partial charge < -0.3 is 10.2 Å². The molecule has 0 aromatic heterocycles. The topological polar surface area (TPSA) is 115 Å². The van der Waals surface area contributed by atoms with Crippen LogP contribution in [0, 0.1) is 47.3 Å². The van der Waals surface area contributed by atoms with Crippen molar-refractivity contribution >= 4 is 35.0 Å². The van der Waals surface area contributed by atoms with E-state index >= 15 is 0 Å². The Bertz CT molecular complexity index is 1290. The molecule has 8 nitrogen and oxygen atoms in total. The third kappa shape index (κ3) is 2.09. The van der Waals surface area contributed by atoms with Crippen LogP contribution in [-0.4, -0.2) is 33.8 Å². The third-order valence-corrected chi connectivity index (χ3v) is 8.59. The highest BCUT2D eigenvalue weighted by Crippen LogP contribution is 2.68. The van der Waals surface area contributed by atoms with Crippen LogP contribution in [-0.2, 0) is 19.2 Å². The number of rotatable bonds is 2. The number of nitrogens with zero attached hydrogens (tertiary/aromatic N) is 2. The Balaban J connectivity index is 1.27. The number of hydrogen-bond acceptors (Lipinski definition) is 6. The van der Waals surface area contributed by atoms with Gasteiger partial charge in [0, 0.05) is 0 Å². The first-order chi connectivity index (χ1) is 16.4. The van der Waals surface area contributed by atoms with Gasteiger partial charge in [0.1, 0.15) is 11.5 Å². The second kappa shape index (κ2) is 6.34. The first-order valence-electron chi connectivity index (χ1n) is 11.4. The van der Waals surface area contributed by atoms with E-state index in [1.165, 1.54) is 12.1 Å². The molecule has 2 saturated heterocycles. The summed E-state index contributed by atoms with van der Waals surface area (Å²) in [5.41, 5.74) is 0.332. The maximum Gasteiger partial charge on any atom is 0.238 e. The van der Waals surface area contributed by atoms with E-state index in [1.807, 2.05) is 12.2 Å². The molecule has 8 rings (SSSR count). The molecule has 2 heterocycles. The van der Waals surface area contributed by atoms with Crippen molar-refractivity contribution < 1.29 is 29.4 Å². The molecule has 8 atom stereocenters. The molecule has 4 fully saturated rings. The first-order valence-corrected chi connectivity index (χ1v) is 11.4. The van der Waals surface area contributed by atoms with E-state index in [0.29, 0.717) is 0 Å². The number of fused-ring (bicyclic) bond motifs is 1. The number of phenols is 2. The van der Waals surface area contributed by atoms with Crippen molar-refractivity contribution in [2.45, 2.75) is 0 Å². The number of carbonyl (C=O) groups excluding carboxylic acids is 4. The summed E-state index contributed by atoms with van der Waals surface area (Å²) in [5.74, 6) is -5.23. The van der Waals surface area contributed by atoms with E-state index in [0.717, 1.165) is 9.80 Å². The average molecular weight is 456 g/mol. The standard InChI is InChI=1S/C26H20N2O6/c29-15-7-3-1-5-13(15)27-23(31)19-11-9-10-12(20(19)24(27)32)18-17(11)21-22(18)26(34)28(25(21)33)14-6-2-4-8-16(14)30/h1-12,17-22,29-30H/t11-,12-,17-,18-,19+,20+,21-,22-/m1/s1. The highest BCUT2D eigenvalue weighted by atomic mass is 16.3. The summed E-state index contributed by atoms with van der Waals surface area (Å²) >= 11 is 0. The van der Waals surface area contributed by atoms with E-state index in [4.69, 9.17) is 0 Å². The predicted octanol–water partition coefficient (Wildman–Crippen LogP) is 2.07. The van der Waals surface area contributed by atoms with E-state index in [-0.39, 0.29) is 70.2 Å². The Morgan fingerprint density at radius 3 is 1.26 bits per heavy atom. The molecule has 2 N–H and O–H groups in total. The lowest BCUT2D eigenvalue weighted by Crippen LogP contribution is -2.63. The van der Waals surface area contributed by atoms with Crippen LogP contribution in [0.3, 0.4) is 0 Å². The van der Waals surface area contributed by atoms with Gasteiger partial charge in [-0.3, -0.25) is 19.2 Å². The van der Waals surface area contributed by atoms with Gasteiger partial charge in [-0.1, -0.05) is 36.4 Å². The fraction of sp³-hybridized carbons (Fsp3) is 0.308. The largest absolute Gasteiger partial charge is 0.506 e. The van der Waals surface area contributed by atoms with Crippen molar-refractivity contribution in [1.29, 1.82) is 0 Å². The van der Waals surface area contributed by atoms with Gasteiger partial charge in [-0.2, -0.15) is 0 Å². The van der Waals surface area contributed by atoms with E-state index < -0.39 is 23.7 Å². The summed E-state index contributed by atoms with van der Waals surface area (Å²) in [4.78, 5) is 56.0. The molecule has 2 bridgehead atoms. The summed E-state index contributed by atoms with van der Waals surface area (Å²) in [6.45, 7) is 0. The van der Waals surface area contributed by atoms with Gasteiger partial charge >= 0.3 is 0 Å². The normalized spacial score (nSPS) is 37.1. The lowest BCUT2D eigenvalue weighted by molar-refractivity contribution is -0.166. The zero-order valence-electron chi connectivity index (χ0n) is 17.8. The van der Waals surface area contributed by atoms with Crippen LogP contribution in [0.2, 0.25) is 0 Å². The monoisotopic (exact) mass is 456 g/mol. The number of anilines is 2. The Hall–Kier alpha value is -3.94. The highest BCUT2D eigenvalue weighted by molar-refractivity contribution is 6.25. The van der Waals surface area contributed by atoms with E-state index in [9.17, 15) is 29.4 Å². The van der Waals surface area contributed by atoms with Crippen LogP contribution in [0.1, 0.15) is 0 Å². The minimum atomic E-state index is -0.619. The van der Waals surface area contributed by atoms with Crippen molar-refractivity contribution in [3.63, 3.8) is 0 Å². The Morgan fingerprint density at radius 1 is 0.529 bits per heavy atom. The molecule has 2 aromatic rings. The Labute approximate surface area is 194 Å². The number of imide groups is 2. The van der Waals surface area contributed by atoms with Gasteiger partial charge in [0.25, 0.3) is 0 Å². The van der Waals surface area contributed by atoms with Crippen molar-refractivity contribution in [3.8, 4) is 11.5 Å². The minimum Gasteiger partial charge on any atom is -0.506 e. The second-order valence-electron chi connectivity index (χ2n) is 9.80. The number of para-hydroxylation sites is 4. The molecule has 6 aliphatic rings. The molecule has 8 heteroatoms. The highest BCUT2D eigenvalue weighted by Gasteiger charge is 2.75. The number of aromatic hydroxyl groups is 2.